The number of aromatic nitrogens is 2. The van der Waals surface area contributed by atoms with Gasteiger partial charge in [0.25, 0.3) is 0 Å². The van der Waals surface area contributed by atoms with Gasteiger partial charge in [0.2, 0.25) is 0 Å². The van der Waals surface area contributed by atoms with E-state index in [9.17, 15) is 4.79 Å². The number of benzene rings is 1. The van der Waals surface area contributed by atoms with Crippen LogP contribution in [-0.4, -0.2) is 15.2 Å². The summed E-state index contributed by atoms with van der Waals surface area (Å²) in [6.45, 7) is 2.13. The first-order chi connectivity index (χ1) is 13.2. The Balaban J connectivity index is 1.38. The molecule has 2 aliphatic rings. The van der Waals surface area contributed by atoms with E-state index in [1.54, 1.807) is 6.33 Å². The van der Waals surface area contributed by atoms with Crippen LogP contribution in [0.3, 0.4) is 0 Å². The van der Waals surface area contributed by atoms with Gasteiger partial charge in [-0.15, -0.1) is 0 Å². The average molecular weight is 358 g/mol. The predicted octanol–water partition coefficient (Wildman–Crippen LogP) is 5.68. The van der Waals surface area contributed by atoms with Crippen molar-refractivity contribution >= 4 is 11.3 Å². The van der Waals surface area contributed by atoms with E-state index < -0.39 is 0 Å². The van der Waals surface area contributed by atoms with E-state index in [-0.39, 0.29) is 5.92 Å². The summed E-state index contributed by atoms with van der Waals surface area (Å²) in [6.07, 6.45) is 12.4. The van der Waals surface area contributed by atoms with E-state index in [4.69, 9.17) is 0 Å². The quantitative estimate of drug-likeness (QED) is 0.563. The maximum Gasteiger partial charge on any atom is 0.168 e. The lowest BCUT2D eigenvalue weighted by molar-refractivity contribution is 0.0884. The lowest BCUT2D eigenvalue weighted by atomic mass is 9.75. The van der Waals surface area contributed by atoms with Crippen LogP contribution in [0.4, 0.5) is 0 Å². The molecule has 3 nitrogen and oxygen atoms in total. The van der Waals surface area contributed by atoms with E-state index >= 15 is 0 Å². The van der Waals surface area contributed by atoms with Gasteiger partial charge in [-0.05, 0) is 74.5 Å². The summed E-state index contributed by atoms with van der Waals surface area (Å²) in [6, 6.07) is 11.1. The third-order valence-electron chi connectivity index (χ3n) is 6.54. The molecule has 0 aliphatic heterocycles. The monoisotopic (exact) mass is 358 g/mol. The molecule has 2 fully saturated rings. The van der Waals surface area contributed by atoms with Gasteiger partial charge in [-0.1, -0.05) is 29.8 Å². The molecule has 0 saturated heterocycles. The van der Waals surface area contributed by atoms with Crippen LogP contribution in [0, 0.1) is 12.8 Å². The standard InChI is InChI=1S/C24H26N2O/c1-16-2-4-17(5-3-16)18-6-10-20(11-7-18)24(27)23-21(19-8-9-19)12-13-26-15-25-14-22(23)26/h2-5,12-15,18-20H,6-11H2,1H3. The molecule has 2 saturated carbocycles. The molecule has 1 aromatic carbocycles. The van der Waals surface area contributed by atoms with Gasteiger partial charge in [-0.3, -0.25) is 4.79 Å². The van der Waals surface area contributed by atoms with E-state index in [1.807, 2.05) is 10.6 Å². The number of fused-ring (bicyclic) bond motifs is 1. The summed E-state index contributed by atoms with van der Waals surface area (Å²) in [5.41, 5.74) is 5.95. The second-order valence-electron chi connectivity index (χ2n) is 8.43. The lowest BCUT2D eigenvalue weighted by Crippen LogP contribution is -2.23. The highest BCUT2D eigenvalue weighted by molar-refractivity contribution is 6.05. The molecule has 0 unspecified atom stereocenters. The second-order valence-corrected chi connectivity index (χ2v) is 8.43. The van der Waals surface area contributed by atoms with Crippen molar-refractivity contribution in [3.05, 3.63) is 71.3 Å². The van der Waals surface area contributed by atoms with Crippen molar-refractivity contribution in [3.63, 3.8) is 0 Å². The first kappa shape index (κ1) is 16.7. The third kappa shape index (κ3) is 3.09. The number of ketones is 1. The number of carbonyl (C=O) groups excluding carboxylic acids is 1. The molecule has 3 aromatic rings. The molecule has 0 radical (unpaired) electrons. The number of imidazole rings is 1. The molecule has 2 aromatic heterocycles. The van der Waals surface area contributed by atoms with Crippen LogP contribution in [0.5, 0.6) is 0 Å². The highest BCUT2D eigenvalue weighted by atomic mass is 16.1. The summed E-state index contributed by atoms with van der Waals surface area (Å²) < 4.78 is 2.00. The van der Waals surface area contributed by atoms with Gasteiger partial charge in [0, 0.05) is 17.7 Å². The number of aryl methyl sites for hydroxylation is 1. The Labute approximate surface area is 160 Å². The van der Waals surface area contributed by atoms with E-state index in [0.717, 1.165) is 36.8 Å². The Morgan fingerprint density at radius 2 is 1.67 bits per heavy atom. The van der Waals surface area contributed by atoms with Gasteiger partial charge in [0.15, 0.2) is 5.78 Å². The zero-order valence-electron chi connectivity index (χ0n) is 15.9. The van der Waals surface area contributed by atoms with Crippen LogP contribution >= 0.6 is 0 Å². The largest absolute Gasteiger partial charge is 0.306 e. The summed E-state index contributed by atoms with van der Waals surface area (Å²) in [5, 5.41) is 0. The predicted molar refractivity (Wildman–Crippen MR) is 107 cm³/mol. The second kappa shape index (κ2) is 6.63. The van der Waals surface area contributed by atoms with Crippen molar-refractivity contribution in [3.8, 4) is 0 Å². The smallest absolute Gasteiger partial charge is 0.168 e. The fraction of sp³-hybridized carbons (Fsp3) is 0.417. The van der Waals surface area contributed by atoms with Crippen molar-refractivity contribution in [2.24, 2.45) is 5.92 Å². The molecular weight excluding hydrogens is 332 g/mol. The number of Topliss-reactive ketones (excluding diaryl/α,β-unsaturated/α-hetero) is 1. The van der Waals surface area contributed by atoms with E-state index in [2.05, 4.69) is 48.4 Å². The lowest BCUT2D eigenvalue weighted by Gasteiger charge is -2.28. The number of rotatable bonds is 4. The molecule has 0 bridgehead atoms. The van der Waals surface area contributed by atoms with Crippen molar-refractivity contribution in [2.45, 2.75) is 57.3 Å². The van der Waals surface area contributed by atoms with Gasteiger partial charge in [0.1, 0.15) is 0 Å². The molecule has 138 valence electrons. The Bertz CT molecular complexity index is 973. The highest BCUT2D eigenvalue weighted by Gasteiger charge is 2.34. The van der Waals surface area contributed by atoms with Crippen LogP contribution in [0.25, 0.3) is 5.52 Å². The highest BCUT2D eigenvalue weighted by Crippen LogP contribution is 2.44. The summed E-state index contributed by atoms with van der Waals surface area (Å²) in [4.78, 5) is 17.8. The fourth-order valence-corrected chi connectivity index (χ4v) is 4.74. The van der Waals surface area contributed by atoms with Crippen LogP contribution in [-0.2, 0) is 0 Å². The van der Waals surface area contributed by atoms with E-state index in [0.29, 0.717) is 17.6 Å². The Morgan fingerprint density at radius 1 is 0.963 bits per heavy atom. The summed E-state index contributed by atoms with van der Waals surface area (Å²) in [5.74, 6) is 1.69. The van der Waals surface area contributed by atoms with Crippen LogP contribution < -0.4 is 0 Å². The SMILES string of the molecule is Cc1ccc(C2CCC(C(=O)c3c(C4CC4)ccn4cncc34)CC2)cc1. The Kier molecular flexibility index (Phi) is 4.11. The van der Waals surface area contributed by atoms with Crippen molar-refractivity contribution in [1.29, 1.82) is 0 Å². The van der Waals surface area contributed by atoms with Gasteiger partial charge in [0.05, 0.1) is 18.0 Å². The minimum absolute atomic E-state index is 0.158. The first-order valence-corrected chi connectivity index (χ1v) is 10.3. The zero-order valence-corrected chi connectivity index (χ0v) is 15.9. The number of nitrogens with zero attached hydrogens (tertiary/aromatic N) is 2. The van der Waals surface area contributed by atoms with E-state index in [1.165, 1.54) is 29.5 Å². The van der Waals surface area contributed by atoms with Crippen LogP contribution in [0.2, 0.25) is 0 Å². The van der Waals surface area contributed by atoms with Gasteiger partial charge in [-0.2, -0.15) is 0 Å². The maximum atomic E-state index is 13.5. The summed E-state index contributed by atoms with van der Waals surface area (Å²) in [7, 11) is 0. The number of carbonyl (C=O) groups is 1. The average Bonchev–Trinajstić information content (AvgIpc) is 3.44. The molecule has 2 aliphatic carbocycles. The summed E-state index contributed by atoms with van der Waals surface area (Å²) >= 11 is 0. The zero-order chi connectivity index (χ0) is 18.4. The number of pyridine rings is 1. The van der Waals surface area contributed by atoms with Gasteiger partial charge < -0.3 is 4.40 Å². The minimum atomic E-state index is 0.158. The molecule has 0 spiro atoms. The molecular formula is C24H26N2O. The number of hydrogen-bond acceptors (Lipinski definition) is 2. The molecule has 5 rings (SSSR count). The minimum Gasteiger partial charge on any atom is -0.306 e. The maximum absolute atomic E-state index is 13.5. The van der Waals surface area contributed by atoms with Crippen molar-refractivity contribution in [1.82, 2.24) is 9.38 Å². The molecule has 2 heterocycles. The first-order valence-electron chi connectivity index (χ1n) is 10.3. The van der Waals surface area contributed by atoms with Crippen molar-refractivity contribution < 1.29 is 4.79 Å². The molecule has 3 heteroatoms. The molecule has 0 amide bonds. The van der Waals surface area contributed by atoms with Gasteiger partial charge >= 0.3 is 0 Å². The van der Waals surface area contributed by atoms with Crippen LogP contribution in [0.1, 0.15) is 77.4 Å². The molecule has 0 N–H and O–H groups in total. The normalized spacial score (nSPS) is 22.9. The van der Waals surface area contributed by atoms with Crippen LogP contribution in [0.15, 0.2) is 49.1 Å². The Hall–Kier alpha value is -2.42. The molecule has 0 atom stereocenters. The third-order valence-corrected chi connectivity index (χ3v) is 6.54. The van der Waals surface area contributed by atoms with Crippen molar-refractivity contribution in [2.75, 3.05) is 0 Å². The fourth-order valence-electron chi connectivity index (χ4n) is 4.74. The van der Waals surface area contributed by atoms with Gasteiger partial charge in [-0.25, -0.2) is 4.98 Å². The Morgan fingerprint density at radius 3 is 2.37 bits per heavy atom. The number of hydrogen-bond donors (Lipinski definition) is 0. The topological polar surface area (TPSA) is 34.4 Å². The molecule has 27 heavy (non-hydrogen) atoms.